The van der Waals surface area contributed by atoms with Crippen LogP contribution < -0.4 is 10.1 Å². The molecule has 3 rings (SSSR count). The average Bonchev–Trinajstić information content (AvgIpc) is 2.80. The van der Waals surface area contributed by atoms with E-state index in [-0.39, 0.29) is 24.2 Å². The monoisotopic (exact) mass is 437 g/mol. The van der Waals surface area contributed by atoms with Crippen LogP contribution in [0.1, 0.15) is 45.7 Å². The first kappa shape index (κ1) is 22.4. The fourth-order valence-corrected chi connectivity index (χ4v) is 3.27. The summed E-state index contributed by atoms with van der Waals surface area (Å²) in [5.74, 6) is 0.335. The summed E-state index contributed by atoms with van der Waals surface area (Å²) in [6.45, 7) is 2.09. The second-order valence-electron chi connectivity index (χ2n) is 6.90. The van der Waals surface area contributed by atoms with Crippen LogP contribution in [-0.4, -0.2) is 25.5 Å². The highest BCUT2D eigenvalue weighted by molar-refractivity contribution is 6.30. The summed E-state index contributed by atoms with van der Waals surface area (Å²) in [4.78, 5) is 24.8. The highest BCUT2D eigenvalue weighted by Gasteiger charge is 2.18. The molecule has 0 heterocycles. The molecule has 3 aromatic carbocycles. The minimum atomic E-state index is -0.363. The van der Waals surface area contributed by atoms with Crippen LogP contribution in [0.3, 0.4) is 0 Å². The number of Topliss-reactive ketones (excluding diaryl/α,β-unsaturated/α-hetero) is 1. The van der Waals surface area contributed by atoms with Crippen molar-refractivity contribution in [3.63, 3.8) is 0 Å². The van der Waals surface area contributed by atoms with Gasteiger partial charge in [-0.1, -0.05) is 23.7 Å². The number of anilines is 1. The molecule has 0 unspecified atom stereocenters. The molecule has 1 atom stereocenters. The van der Waals surface area contributed by atoms with E-state index in [9.17, 15) is 9.59 Å². The van der Waals surface area contributed by atoms with Crippen LogP contribution in [0.15, 0.2) is 72.8 Å². The Bertz CT molecular complexity index is 1010. The van der Waals surface area contributed by atoms with Crippen molar-refractivity contribution in [1.29, 1.82) is 0 Å². The molecule has 0 aliphatic heterocycles. The highest BCUT2D eigenvalue weighted by atomic mass is 35.5. The molecule has 0 radical (unpaired) electrons. The summed E-state index contributed by atoms with van der Waals surface area (Å²) >= 11 is 6.04. The summed E-state index contributed by atoms with van der Waals surface area (Å²) in [6.07, 6.45) is 0.244. The van der Waals surface area contributed by atoms with Crippen LogP contribution in [-0.2, 0) is 4.74 Å². The lowest BCUT2D eigenvalue weighted by atomic mass is 9.97. The summed E-state index contributed by atoms with van der Waals surface area (Å²) < 4.78 is 10.2. The topological polar surface area (TPSA) is 64.6 Å². The van der Waals surface area contributed by atoms with Gasteiger partial charge in [0, 0.05) is 22.7 Å². The molecular formula is C25H24ClNO4. The molecule has 0 saturated carbocycles. The van der Waals surface area contributed by atoms with Crippen LogP contribution >= 0.6 is 11.6 Å². The normalized spacial score (nSPS) is 11.5. The van der Waals surface area contributed by atoms with Gasteiger partial charge in [0.1, 0.15) is 5.75 Å². The summed E-state index contributed by atoms with van der Waals surface area (Å²) in [5, 5.41) is 4.02. The lowest BCUT2D eigenvalue weighted by Gasteiger charge is -2.20. The molecule has 0 amide bonds. The van der Waals surface area contributed by atoms with Crippen LogP contribution in [0.5, 0.6) is 5.75 Å². The van der Waals surface area contributed by atoms with Crippen molar-refractivity contribution in [3.8, 4) is 5.75 Å². The van der Waals surface area contributed by atoms with Crippen molar-refractivity contribution < 1.29 is 19.1 Å². The van der Waals surface area contributed by atoms with Gasteiger partial charge in [-0.2, -0.15) is 0 Å². The number of nitrogens with one attached hydrogen (secondary N) is 1. The van der Waals surface area contributed by atoms with Crippen LogP contribution in [0.2, 0.25) is 5.02 Å². The number of hydrogen-bond acceptors (Lipinski definition) is 5. The SMILES string of the molecule is CCOC(=O)c1ccc(N[C@@H](CC(=O)c2ccc(OC)cc2)c2ccc(Cl)cc2)cc1. The third kappa shape index (κ3) is 6.09. The molecule has 1 N–H and O–H groups in total. The number of carbonyl (C=O) groups excluding carboxylic acids is 2. The lowest BCUT2D eigenvalue weighted by Crippen LogP contribution is -2.16. The number of methoxy groups -OCH3 is 1. The van der Waals surface area contributed by atoms with Gasteiger partial charge in [0.05, 0.1) is 25.3 Å². The van der Waals surface area contributed by atoms with Crippen LogP contribution in [0.25, 0.3) is 0 Å². The Labute approximate surface area is 187 Å². The molecule has 0 aromatic heterocycles. The number of esters is 1. The van der Waals surface area contributed by atoms with E-state index in [0.717, 1.165) is 11.3 Å². The minimum Gasteiger partial charge on any atom is -0.497 e. The van der Waals surface area contributed by atoms with Gasteiger partial charge in [-0.15, -0.1) is 0 Å². The minimum absolute atomic E-state index is 0.00162. The maximum absolute atomic E-state index is 12.9. The van der Waals surface area contributed by atoms with Crippen LogP contribution in [0.4, 0.5) is 5.69 Å². The summed E-state index contributed by atoms with van der Waals surface area (Å²) in [6, 6.07) is 21.2. The molecule has 0 aliphatic rings. The van der Waals surface area contributed by atoms with Gasteiger partial charge in [0.2, 0.25) is 0 Å². The van der Waals surface area contributed by atoms with E-state index < -0.39 is 0 Å². The Balaban J connectivity index is 1.80. The largest absolute Gasteiger partial charge is 0.497 e. The summed E-state index contributed by atoms with van der Waals surface area (Å²) in [7, 11) is 1.59. The average molecular weight is 438 g/mol. The molecule has 0 saturated heterocycles. The number of benzene rings is 3. The molecule has 0 fully saturated rings. The van der Waals surface area contributed by atoms with Gasteiger partial charge in [-0.05, 0) is 73.2 Å². The predicted molar refractivity (Wildman–Crippen MR) is 122 cm³/mol. The van der Waals surface area contributed by atoms with Gasteiger partial charge in [-0.3, -0.25) is 4.79 Å². The van der Waals surface area contributed by atoms with Crippen molar-refractivity contribution in [2.45, 2.75) is 19.4 Å². The molecule has 31 heavy (non-hydrogen) atoms. The molecule has 6 heteroatoms. The van der Waals surface area contributed by atoms with E-state index in [4.69, 9.17) is 21.1 Å². The van der Waals surface area contributed by atoms with Crippen molar-refractivity contribution in [1.82, 2.24) is 0 Å². The molecule has 0 aliphatic carbocycles. The van der Waals surface area contributed by atoms with Crippen molar-refractivity contribution in [3.05, 3.63) is 94.5 Å². The Morgan fingerprint density at radius 3 is 2.10 bits per heavy atom. The Kier molecular flexibility index (Phi) is 7.68. The molecular weight excluding hydrogens is 414 g/mol. The lowest BCUT2D eigenvalue weighted by molar-refractivity contribution is 0.0526. The molecule has 5 nitrogen and oxygen atoms in total. The summed E-state index contributed by atoms with van der Waals surface area (Å²) in [5.41, 5.74) is 2.81. The van der Waals surface area contributed by atoms with Crippen molar-refractivity contribution in [2.75, 3.05) is 19.0 Å². The Morgan fingerprint density at radius 1 is 0.903 bits per heavy atom. The molecule has 3 aromatic rings. The second-order valence-corrected chi connectivity index (χ2v) is 7.34. The van der Waals surface area contributed by atoms with Crippen LogP contribution in [0, 0.1) is 0 Å². The van der Waals surface area contributed by atoms with Gasteiger partial charge >= 0.3 is 5.97 Å². The zero-order valence-electron chi connectivity index (χ0n) is 17.4. The first-order chi connectivity index (χ1) is 15.0. The number of ether oxygens (including phenoxy) is 2. The highest BCUT2D eigenvalue weighted by Crippen LogP contribution is 2.26. The maximum Gasteiger partial charge on any atom is 0.338 e. The van der Waals surface area contributed by atoms with Gasteiger partial charge in [0.15, 0.2) is 5.78 Å². The Hall–Kier alpha value is -3.31. The van der Waals surface area contributed by atoms with Gasteiger partial charge in [0.25, 0.3) is 0 Å². The zero-order valence-corrected chi connectivity index (χ0v) is 18.2. The van der Waals surface area contributed by atoms with Gasteiger partial charge in [-0.25, -0.2) is 4.79 Å². The number of halogens is 1. The Morgan fingerprint density at radius 2 is 1.52 bits per heavy atom. The number of hydrogen-bond donors (Lipinski definition) is 1. The van der Waals surface area contributed by atoms with E-state index in [1.54, 1.807) is 74.7 Å². The maximum atomic E-state index is 12.9. The van der Waals surface area contributed by atoms with Gasteiger partial charge < -0.3 is 14.8 Å². The number of rotatable bonds is 9. The van der Waals surface area contributed by atoms with E-state index in [1.807, 2.05) is 12.1 Å². The quantitative estimate of drug-likeness (QED) is 0.331. The van der Waals surface area contributed by atoms with E-state index >= 15 is 0 Å². The molecule has 0 bridgehead atoms. The van der Waals surface area contributed by atoms with E-state index in [0.29, 0.717) is 28.5 Å². The smallest absolute Gasteiger partial charge is 0.338 e. The predicted octanol–water partition coefficient (Wildman–Crippen LogP) is 5.95. The fourth-order valence-electron chi connectivity index (χ4n) is 3.15. The fraction of sp³-hybridized carbons (Fsp3) is 0.200. The third-order valence-corrected chi connectivity index (χ3v) is 5.06. The zero-order chi connectivity index (χ0) is 22.2. The first-order valence-electron chi connectivity index (χ1n) is 9.96. The van der Waals surface area contributed by atoms with E-state index in [1.165, 1.54) is 0 Å². The second kappa shape index (κ2) is 10.6. The van der Waals surface area contributed by atoms with E-state index in [2.05, 4.69) is 5.32 Å². The first-order valence-corrected chi connectivity index (χ1v) is 10.3. The molecule has 160 valence electrons. The number of ketones is 1. The van der Waals surface area contributed by atoms with Crippen molar-refractivity contribution in [2.24, 2.45) is 0 Å². The third-order valence-electron chi connectivity index (χ3n) is 4.81. The molecule has 0 spiro atoms. The standard InChI is InChI=1S/C25H24ClNO4/c1-3-31-25(29)19-6-12-21(13-7-19)27-23(17-4-10-20(26)11-5-17)16-24(28)18-8-14-22(30-2)15-9-18/h4-15,23,27H,3,16H2,1-2H3/t23-/m0/s1. The number of carbonyl (C=O) groups is 2. The van der Waals surface area contributed by atoms with Crippen molar-refractivity contribution >= 4 is 29.0 Å².